The fraction of sp³-hybridized carbons (Fsp3) is 0.0769. The first-order valence-corrected chi connectivity index (χ1v) is 8.47. The SMILES string of the molecule is Nc1ccc(O)c(CNS(=O)(=O)c2ccc(Cl)c(Br)c2)c1. The summed E-state index contributed by atoms with van der Waals surface area (Å²) in [6.07, 6.45) is 0. The Balaban J connectivity index is 2.21. The number of sulfonamides is 1. The van der Waals surface area contributed by atoms with Crippen molar-refractivity contribution in [3.63, 3.8) is 0 Å². The van der Waals surface area contributed by atoms with Gasteiger partial charge in [-0.05, 0) is 52.3 Å². The van der Waals surface area contributed by atoms with E-state index in [9.17, 15) is 13.5 Å². The standard InChI is InChI=1S/C13H12BrClN2O3S/c14-11-6-10(2-3-12(11)15)21(19,20)17-7-8-5-9(16)1-4-13(8)18/h1-6,17-18H,7,16H2. The minimum absolute atomic E-state index is 0.0239. The quantitative estimate of drug-likeness (QED) is 0.552. The molecule has 0 spiro atoms. The van der Waals surface area contributed by atoms with Crippen molar-refractivity contribution in [1.82, 2.24) is 4.72 Å². The lowest BCUT2D eigenvalue weighted by atomic mass is 10.2. The summed E-state index contributed by atoms with van der Waals surface area (Å²) in [6, 6.07) is 8.74. The number of halogens is 2. The van der Waals surface area contributed by atoms with E-state index in [4.69, 9.17) is 17.3 Å². The molecule has 112 valence electrons. The van der Waals surface area contributed by atoms with Gasteiger partial charge in [-0.3, -0.25) is 0 Å². The molecule has 0 aliphatic heterocycles. The summed E-state index contributed by atoms with van der Waals surface area (Å²) >= 11 is 9.01. The van der Waals surface area contributed by atoms with Gasteiger partial charge in [0.15, 0.2) is 0 Å². The molecular weight excluding hydrogens is 380 g/mol. The predicted octanol–water partition coefficient (Wildman–Crippen LogP) is 2.87. The Kier molecular flexibility index (Phi) is 4.77. The van der Waals surface area contributed by atoms with Crippen LogP contribution in [0.4, 0.5) is 5.69 Å². The zero-order valence-electron chi connectivity index (χ0n) is 10.7. The molecule has 2 rings (SSSR count). The third-order valence-corrected chi connectivity index (χ3v) is 5.37. The number of phenols is 1. The maximum absolute atomic E-state index is 12.2. The third kappa shape index (κ3) is 3.88. The first-order valence-electron chi connectivity index (χ1n) is 5.82. The van der Waals surface area contributed by atoms with Gasteiger partial charge in [-0.25, -0.2) is 13.1 Å². The largest absolute Gasteiger partial charge is 0.508 e. The highest BCUT2D eigenvalue weighted by Crippen LogP contribution is 2.26. The Hall–Kier alpha value is -1.28. The van der Waals surface area contributed by atoms with Crippen molar-refractivity contribution < 1.29 is 13.5 Å². The van der Waals surface area contributed by atoms with Crippen LogP contribution in [0.3, 0.4) is 0 Å². The second-order valence-corrected chi connectivity index (χ2v) is 7.32. The molecule has 0 aliphatic rings. The van der Waals surface area contributed by atoms with Gasteiger partial charge in [0.25, 0.3) is 0 Å². The van der Waals surface area contributed by atoms with Gasteiger partial charge in [-0.1, -0.05) is 11.6 Å². The highest BCUT2D eigenvalue weighted by atomic mass is 79.9. The molecule has 0 saturated heterocycles. The number of benzene rings is 2. The van der Waals surface area contributed by atoms with Crippen molar-refractivity contribution >= 4 is 43.2 Å². The third-order valence-electron chi connectivity index (χ3n) is 2.76. The number of nitrogens with one attached hydrogen (secondary N) is 1. The average molecular weight is 392 g/mol. The van der Waals surface area contributed by atoms with Crippen LogP contribution in [0.1, 0.15) is 5.56 Å². The minimum atomic E-state index is -3.72. The Morgan fingerprint density at radius 3 is 2.62 bits per heavy atom. The van der Waals surface area contributed by atoms with Crippen LogP contribution in [0.25, 0.3) is 0 Å². The van der Waals surface area contributed by atoms with Crippen LogP contribution in [-0.2, 0) is 16.6 Å². The Labute approximate surface area is 135 Å². The molecule has 2 aromatic rings. The monoisotopic (exact) mass is 390 g/mol. The second-order valence-electron chi connectivity index (χ2n) is 4.29. The van der Waals surface area contributed by atoms with Crippen molar-refractivity contribution in [2.75, 3.05) is 5.73 Å². The van der Waals surface area contributed by atoms with Crippen molar-refractivity contribution in [2.24, 2.45) is 0 Å². The van der Waals surface area contributed by atoms with E-state index in [0.29, 0.717) is 20.7 Å². The fourth-order valence-electron chi connectivity index (χ4n) is 1.65. The summed E-state index contributed by atoms with van der Waals surface area (Å²) in [6.45, 7) is -0.0700. The first-order chi connectivity index (χ1) is 9.79. The van der Waals surface area contributed by atoms with Gasteiger partial charge in [0.05, 0.1) is 9.92 Å². The number of aromatic hydroxyl groups is 1. The summed E-state index contributed by atoms with van der Waals surface area (Å²) in [5.74, 6) is -0.0239. The number of anilines is 1. The molecule has 0 amide bonds. The normalized spacial score (nSPS) is 11.5. The highest BCUT2D eigenvalue weighted by molar-refractivity contribution is 9.10. The smallest absolute Gasteiger partial charge is 0.240 e. The molecule has 0 bridgehead atoms. The predicted molar refractivity (Wildman–Crippen MR) is 85.7 cm³/mol. The van der Waals surface area contributed by atoms with Crippen molar-refractivity contribution in [3.8, 4) is 5.75 Å². The van der Waals surface area contributed by atoms with Gasteiger partial charge in [-0.2, -0.15) is 0 Å². The van der Waals surface area contributed by atoms with E-state index in [1.165, 1.54) is 36.4 Å². The molecular formula is C13H12BrClN2O3S. The van der Waals surface area contributed by atoms with Crippen molar-refractivity contribution in [2.45, 2.75) is 11.4 Å². The van der Waals surface area contributed by atoms with Crippen molar-refractivity contribution in [1.29, 1.82) is 0 Å². The first kappa shape index (κ1) is 16.1. The van der Waals surface area contributed by atoms with Crippen molar-refractivity contribution in [3.05, 3.63) is 51.5 Å². The molecule has 0 atom stereocenters. The number of nitrogen functional groups attached to an aromatic ring is 1. The summed E-state index contributed by atoms with van der Waals surface area (Å²) < 4.78 is 27.2. The summed E-state index contributed by atoms with van der Waals surface area (Å²) in [5, 5.41) is 10.1. The van der Waals surface area contributed by atoms with Crippen LogP contribution >= 0.6 is 27.5 Å². The van der Waals surface area contributed by atoms with Gasteiger partial charge in [0.2, 0.25) is 10.0 Å². The van der Waals surface area contributed by atoms with E-state index in [1.54, 1.807) is 0 Å². The molecule has 0 heterocycles. The molecule has 2 aromatic carbocycles. The van der Waals surface area contributed by atoms with E-state index in [-0.39, 0.29) is 17.2 Å². The molecule has 0 aromatic heterocycles. The molecule has 21 heavy (non-hydrogen) atoms. The summed E-state index contributed by atoms with van der Waals surface area (Å²) in [5.41, 5.74) is 6.44. The number of phenolic OH excluding ortho intramolecular Hbond substituents is 1. The number of nitrogens with two attached hydrogens (primary N) is 1. The zero-order chi connectivity index (χ0) is 15.6. The summed E-state index contributed by atoms with van der Waals surface area (Å²) in [7, 11) is -3.72. The zero-order valence-corrected chi connectivity index (χ0v) is 13.8. The van der Waals surface area contributed by atoms with Gasteiger partial charge >= 0.3 is 0 Å². The lowest BCUT2D eigenvalue weighted by Gasteiger charge is -2.09. The molecule has 5 nitrogen and oxygen atoms in total. The summed E-state index contributed by atoms with van der Waals surface area (Å²) in [4.78, 5) is 0.0715. The van der Waals surface area contributed by atoms with Gasteiger partial charge in [0.1, 0.15) is 5.75 Å². The number of hydrogen-bond acceptors (Lipinski definition) is 4. The Bertz CT molecular complexity index is 781. The molecule has 8 heteroatoms. The Morgan fingerprint density at radius 1 is 1.24 bits per heavy atom. The second kappa shape index (κ2) is 6.23. The lowest BCUT2D eigenvalue weighted by molar-refractivity contribution is 0.467. The molecule has 4 N–H and O–H groups in total. The van der Waals surface area contributed by atoms with E-state index in [1.807, 2.05) is 0 Å². The van der Waals surface area contributed by atoms with Crippen LogP contribution in [0.5, 0.6) is 5.75 Å². The molecule has 0 unspecified atom stereocenters. The van der Waals surface area contributed by atoms with Crippen LogP contribution < -0.4 is 10.5 Å². The van der Waals surface area contributed by atoms with Gasteiger partial charge in [0, 0.05) is 22.3 Å². The number of hydrogen-bond donors (Lipinski definition) is 3. The van der Waals surface area contributed by atoms with Crippen LogP contribution in [-0.4, -0.2) is 13.5 Å². The molecule has 0 radical (unpaired) electrons. The van der Waals surface area contributed by atoms with E-state index in [0.717, 1.165) is 0 Å². The number of rotatable bonds is 4. The molecule has 0 saturated carbocycles. The fourth-order valence-corrected chi connectivity index (χ4v) is 3.33. The maximum atomic E-state index is 12.2. The average Bonchev–Trinajstić information content (AvgIpc) is 2.43. The minimum Gasteiger partial charge on any atom is -0.508 e. The van der Waals surface area contributed by atoms with Crippen LogP contribution in [0.15, 0.2) is 45.8 Å². The lowest BCUT2D eigenvalue weighted by Crippen LogP contribution is -2.23. The van der Waals surface area contributed by atoms with E-state index >= 15 is 0 Å². The molecule has 0 aliphatic carbocycles. The maximum Gasteiger partial charge on any atom is 0.240 e. The van der Waals surface area contributed by atoms with E-state index in [2.05, 4.69) is 20.7 Å². The topological polar surface area (TPSA) is 92.4 Å². The van der Waals surface area contributed by atoms with E-state index < -0.39 is 10.0 Å². The van der Waals surface area contributed by atoms with Crippen LogP contribution in [0.2, 0.25) is 5.02 Å². The van der Waals surface area contributed by atoms with Gasteiger partial charge < -0.3 is 10.8 Å². The highest BCUT2D eigenvalue weighted by Gasteiger charge is 2.16. The molecule has 0 fully saturated rings. The van der Waals surface area contributed by atoms with Gasteiger partial charge in [-0.15, -0.1) is 0 Å². The van der Waals surface area contributed by atoms with Crippen LogP contribution in [0, 0.1) is 0 Å². The Morgan fingerprint density at radius 2 is 1.95 bits per heavy atom.